The van der Waals surface area contributed by atoms with E-state index in [2.05, 4.69) is 25.3 Å². The standard InChI is InChI=1S/C16H16O2S2.Ni/c1-17-13-7-3-11(4-8-13)15(19)16(20)12-5-9-14(18-2)10-6-12;/h3-10,19-20H,1-2H3;. The van der Waals surface area contributed by atoms with Gasteiger partial charge in [0.15, 0.2) is 0 Å². The average Bonchev–Trinajstić information content (AvgIpc) is 2.53. The number of hydrogen-bond donors (Lipinski definition) is 2. The number of thiol groups is 2. The number of ether oxygens (including phenoxy) is 2. The molecule has 0 unspecified atom stereocenters. The molecule has 0 aromatic heterocycles. The molecule has 0 radical (unpaired) electrons. The van der Waals surface area contributed by atoms with Gasteiger partial charge in [0.1, 0.15) is 11.5 Å². The fraction of sp³-hybridized carbons (Fsp3) is 0.125. The predicted octanol–water partition coefficient (Wildman–Crippen LogP) is 4.39. The van der Waals surface area contributed by atoms with Gasteiger partial charge >= 0.3 is 0 Å². The van der Waals surface area contributed by atoms with E-state index in [0.717, 1.165) is 32.4 Å². The molecule has 0 saturated carbocycles. The van der Waals surface area contributed by atoms with Crippen molar-refractivity contribution in [3.05, 3.63) is 59.7 Å². The molecule has 2 aromatic rings. The summed E-state index contributed by atoms with van der Waals surface area (Å²) in [5.74, 6) is 1.64. The predicted molar refractivity (Wildman–Crippen MR) is 90.8 cm³/mol. The monoisotopic (exact) mass is 362 g/mol. The molecule has 2 aromatic carbocycles. The Kier molecular flexibility index (Phi) is 7.23. The van der Waals surface area contributed by atoms with Crippen LogP contribution in [0, 0.1) is 0 Å². The minimum absolute atomic E-state index is 0. The van der Waals surface area contributed by atoms with Crippen molar-refractivity contribution in [2.24, 2.45) is 0 Å². The Labute approximate surface area is 146 Å². The van der Waals surface area contributed by atoms with Crippen molar-refractivity contribution in [1.82, 2.24) is 0 Å². The van der Waals surface area contributed by atoms with Gasteiger partial charge in [-0.15, -0.1) is 25.3 Å². The molecule has 0 fully saturated rings. The maximum Gasteiger partial charge on any atom is 0.118 e. The molecule has 0 spiro atoms. The Bertz CT molecular complexity index is 552. The van der Waals surface area contributed by atoms with Crippen molar-refractivity contribution in [3.8, 4) is 11.5 Å². The molecule has 0 aliphatic carbocycles. The molecule has 0 N–H and O–H groups in total. The largest absolute Gasteiger partial charge is 0.497 e. The summed E-state index contributed by atoms with van der Waals surface area (Å²) in [6, 6.07) is 15.5. The second-order valence-corrected chi connectivity index (χ2v) is 5.05. The van der Waals surface area contributed by atoms with E-state index >= 15 is 0 Å². The molecule has 2 nitrogen and oxygen atoms in total. The van der Waals surface area contributed by atoms with Gasteiger partial charge in [0.05, 0.1) is 14.2 Å². The fourth-order valence-electron chi connectivity index (χ4n) is 1.77. The summed E-state index contributed by atoms with van der Waals surface area (Å²) in [5.41, 5.74) is 1.99. The van der Waals surface area contributed by atoms with E-state index in [1.165, 1.54) is 0 Å². The topological polar surface area (TPSA) is 18.5 Å². The Morgan fingerprint density at radius 2 is 0.952 bits per heavy atom. The molecule has 0 aliphatic rings. The number of hydrogen-bond acceptors (Lipinski definition) is 4. The average molecular weight is 363 g/mol. The van der Waals surface area contributed by atoms with Crippen LogP contribution in [0.3, 0.4) is 0 Å². The summed E-state index contributed by atoms with van der Waals surface area (Å²) in [7, 11) is 3.29. The molecule has 0 aliphatic heterocycles. The van der Waals surface area contributed by atoms with E-state index in [-0.39, 0.29) is 16.5 Å². The van der Waals surface area contributed by atoms with Gasteiger partial charge in [-0.1, -0.05) is 24.3 Å². The van der Waals surface area contributed by atoms with Crippen LogP contribution in [0.4, 0.5) is 0 Å². The van der Waals surface area contributed by atoms with Gasteiger partial charge in [0, 0.05) is 26.3 Å². The van der Waals surface area contributed by atoms with E-state index in [9.17, 15) is 0 Å². The third-order valence-electron chi connectivity index (χ3n) is 2.95. The van der Waals surface area contributed by atoms with Crippen molar-refractivity contribution < 1.29 is 26.0 Å². The fourth-order valence-corrected chi connectivity index (χ4v) is 2.33. The van der Waals surface area contributed by atoms with Gasteiger partial charge in [-0.05, 0) is 35.4 Å². The first kappa shape index (κ1) is 18.0. The third-order valence-corrected chi connectivity index (χ3v) is 4.09. The maximum absolute atomic E-state index is 5.15. The van der Waals surface area contributed by atoms with Crippen molar-refractivity contribution in [2.45, 2.75) is 0 Å². The summed E-state index contributed by atoms with van der Waals surface area (Å²) in [6.45, 7) is 0. The molecule has 0 atom stereocenters. The quantitative estimate of drug-likeness (QED) is 0.477. The summed E-state index contributed by atoms with van der Waals surface area (Å²) in [6.07, 6.45) is 0. The molecular formula is C16H16NiO2S2. The van der Waals surface area contributed by atoms with Crippen LogP contribution in [0.2, 0.25) is 0 Å². The zero-order chi connectivity index (χ0) is 14.5. The number of methoxy groups -OCH3 is 2. The molecule has 114 valence electrons. The smallest absolute Gasteiger partial charge is 0.118 e. The van der Waals surface area contributed by atoms with Crippen molar-refractivity contribution >= 4 is 35.1 Å². The van der Waals surface area contributed by atoms with Crippen LogP contribution in [0.15, 0.2) is 48.5 Å². The molecular weight excluding hydrogens is 347 g/mol. The van der Waals surface area contributed by atoms with Gasteiger partial charge < -0.3 is 9.47 Å². The number of rotatable bonds is 4. The van der Waals surface area contributed by atoms with Gasteiger partial charge in [-0.25, -0.2) is 0 Å². The second kappa shape index (κ2) is 8.42. The zero-order valence-electron chi connectivity index (χ0n) is 11.6. The number of benzene rings is 2. The Morgan fingerprint density at radius 3 is 1.19 bits per heavy atom. The first-order chi connectivity index (χ1) is 9.65. The molecule has 2 rings (SSSR count). The first-order valence-corrected chi connectivity index (χ1v) is 6.96. The van der Waals surface area contributed by atoms with E-state index in [1.54, 1.807) is 14.2 Å². The van der Waals surface area contributed by atoms with E-state index in [4.69, 9.17) is 9.47 Å². The van der Waals surface area contributed by atoms with Gasteiger partial charge in [0.2, 0.25) is 0 Å². The molecule has 0 saturated heterocycles. The van der Waals surface area contributed by atoms with E-state index in [0.29, 0.717) is 0 Å². The van der Waals surface area contributed by atoms with Crippen LogP contribution < -0.4 is 9.47 Å². The van der Waals surface area contributed by atoms with Crippen molar-refractivity contribution in [2.75, 3.05) is 14.2 Å². The molecule has 0 heterocycles. The Hall–Kier alpha value is -1.03. The molecule has 0 bridgehead atoms. The maximum atomic E-state index is 5.15. The summed E-state index contributed by atoms with van der Waals surface area (Å²) < 4.78 is 10.3. The Balaban J connectivity index is 0.00000220. The van der Waals surface area contributed by atoms with Gasteiger partial charge in [-0.2, -0.15) is 0 Å². The first-order valence-electron chi connectivity index (χ1n) is 6.06. The SMILES string of the molecule is COc1ccc(C(S)=C(S)c2ccc(OC)cc2)cc1.[Ni]. The summed E-state index contributed by atoms with van der Waals surface area (Å²) in [4.78, 5) is 1.64. The van der Waals surface area contributed by atoms with Crippen LogP contribution in [-0.4, -0.2) is 14.2 Å². The third kappa shape index (κ3) is 4.47. The van der Waals surface area contributed by atoms with Crippen LogP contribution in [0.1, 0.15) is 11.1 Å². The normalized spacial score (nSPS) is 11.2. The van der Waals surface area contributed by atoms with Crippen LogP contribution in [-0.2, 0) is 16.5 Å². The Morgan fingerprint density at radius 1 is 0.667 bits per heavy atom. The minimum atomic E-state index is 0. The van der Waals surface area contributed by atoms with Crippen molar-refractivity contribution in [3.63, 3.8) is 0 Å². The minimum Gasteiger partial charge on any atom is -0.497 e. The van der Waals surface area contributed by atoms with Crippen molar-refractivity contribution in [1.29, 1.82) is 0 Å². The van der Waals surface area contributed by atoms with E-state index < -0.39 is 0 Å². The zero-order valence-corrected chi connectivity index (χ0v) is 14.4. The summed E-state index contributed by atoms with van der Waals surface area (Å²) >= 11 is 9.14. The van der Waals surface area contributed by atoms with Gasteiger partial charge in [-0.3, -0.25) is 0 Å². The summed E-state index contributed by atoms with van der Waals surface area (Å²) in [5, 5.41) is 0. The second-order valence-electron chi connectivity index (χ2n) is 4.15. The molecule has 21 heavy (non-hydrogen) atoms. The van der Waals surface area contributed by atoms with Crippen LogP contribution in [0.5, 0.6) is 11.5 Å². The molecule has 5 heteroatoms. The molecule has 0 amide bonds. The van der Waals surface area contributed by atoms with E-state index in [1.807, 2.05) is 48.5 Å². The van der Waals surface area contributed by atoms with Gasteiger partial charge in [0.25, 0.3) is 0 Å². The van der Waals surface area contributed by atoms with Crippen LogP contribution >= 0.6 is 25.3 Å². The van der Waals surface area contributed by atoms with Crippen LogP contribution in [0.25, 0.3) is 9.81 Å².